The second kappa shape index (κ2) is 6.17. The topological polar surface area (TPSA) is 35.5 Å². The van der Waals surface area contributed by atoms with Crippen LogP contribution in [-0.2, 0) is 0 Å². The predicted octanol–water partition coefficient (Wildman–Crippen LogP) is 1.47. The van der Waals surface area contributed by atoms with Gasteiger partial charge in [-0.05, 0) is 50.6 Å². The van der Waals surface area contributed by atoms with Crippen molar-refractivity contribution in [1.82, 2.24) is 10.2 Å². The highest BCUT2D eigenvalue weighted by Gasteiger charge is 2.31. The number of aliphatic hydroxyl groups is 1. The van der Waals surface area contributed by atoms with Gasteiger partial charge in [0.05, 0.1) is 6.10 Å². The first-order valence-corrected chi connectivity index (χ1v) is 7.29. The molecule has 0 aliphatic carbocycles. The number of nitrogens with zero attached hydrogens (tertiary/aromatic N) is 1. The molecule has 0 aromatic rings. The number of aliphatic hydroxyl groups excluding tert-OH is 1. The fraction of sp³-hybridized carbons (Fsp3) is 1.00. The molecule has 3 nitrogen and oxygen atoms in total. The van der Waals surface area contributed by atoms with Gasteiger partial charge in [0.1, 0.15) is 0 Å². The van der Waals surface area contributed by atoms with Crippen molar-refractivity contribution in [3.05, 3.63) is 0 Å². The summed E-state index contributed by atoms with van der Waals surface area (Å²) in [7, 11) is 0. The lowest BCUT2D eigenvalue weighted by Gasteiger charge is -2.42. The van der Waals surface area contributed by atoms with E-state index in [4.69, 9.17) is 0 Å². The molecule has 2 aliphatic heterocycles. The summed E-state index contributed by atoms with van der Waals surface area (Å²) in [4.78, 5) is 2.64. The van der Waals surface area contributed by atoms with Crippen molar-refractivity contribution >= 4 is 0 Å². The molecule has 2 N–H and O–H groups in total. The zero-order valence-corrected chi connectivity index (χ0v) is 11.4. The van der Waals surface area contributed by atoms with Crippen molar-refractivity contribution in [1.29, 1.82) is 0 Å². The Morgan fingerprint density at radius 3 is 2.59 bits per heavy atom. The number of rotatable bonds is 3. The molecule has 0 bridgehead atoms. The lowest BCUT2D eigenvalue weighted by molar-refractivity contribution is -0.00355. The molecular formula is C14H28N2O. The van der Waals surface area contributed by atoms with Crippen LogP contribution < -0.4 is 5.32 Å². The summed E-state index contributed by atoms with van der Waals surface area (Å²) in [5, 5.41) is 13.5. The summed E-state index contributed by atoms with van der Waals surface area (Å²) in [6.45, 7) is 9.06. The van der Waals surface area contributed by atoms with Gasteiger partial charge in [0.15, 0.2) is 0 Å². The molecule has 2 atom stereocenters. The van der Waals surface area contributed by atoms with Crippen LogP contribution in [0.3, 0.4) is 0 Å². The minimum absolute atomic E-state index is 0.0598. The van der Waals surface area contributed by atoms with E-state index in [2.05, 4.69) is 24.1 Å². The molecular weight excluding hydrogens is 212 g/mol. The molecule has 0 aromatic heterocycles. The van der Waals surface area contributed by atoms with E-state index < -0.39 is 0 Å². The largest absolute Gasteiger partial charge is 0.393 e. The maximum absolute atomic E-state index is 10.1. The van der Waals surface area contributed by atoms with Crippen molar-refractivity contribution in [3.63, 3.8) is 0 Å². The number of piperidine rings is 2. The fourth-order valence-electron chi connectivity index (χ4n) is 3.39. The predicted molar refractivity (Wildman–Crippen MR) is 71.0 cm³/mol. The molecule has 0 aromatic carbocycles. The molecule has 0 amide bonds. The standard InChI is InChI=1S/C14H28N2O/c1-11(2)9-12-10-16(8-5-14(12)17)13-3-6-15-7-4-13/h11-15,17H,3-10H2,1-2H3/t12-,14-/m1/s1. The third kappa shape index (κ3) is 3.67. The highest BCUT2D eigenvalue weighted by Crippen LogP contribution is 2.26. The van der Waals surface area contributed by atoms with Crippen LogP contribution in [-0.4, -0.2) is 48.3 Å². The Labute approximate surface area is 106 Å². The Balaban J connectivity index is 1.87. The van der Waals surface area contributed by atoms with Crippen LogP contribution in [0.1, 0.15) is 39.5 Å². The molecule has 2 saturated heterocycles. The fourth-order valence-corrected chi connectivity index (χ4v) is 3.39. The van der Waals surface area contributed by atoms with Crippen molar-refractivity contribution in [2.24, 2.45) is 11.8 Å². The quantitative estimate of drug-likeness (QED) is 0.784. The summed E-state index contributed by atoms with van der Waals surface area (Å²) in [5.41, 5.74) is 0. The van der Waals surface area contributed by atoms with Crippen LogP contribution in [0.25, 0.3) is 0 Å². The lowest BCUT2D eigenvalue weighted by Crippen LogP contribution is -2.51. The average Bonchev–Trinajstić information content (AvgIpc) is 2.32. The molecule has 17 heavy (non-hydrogen) atoms. The molecule has 0 unspecified atom stereocenters. The smallest absolute Gasteiger partial charge is 0.0592 e. The maximum atomic E-state index is 10.1. The van der Waals surface area contributed by atoms with Crippen molar-refractivity contribution in [2.75, 3.05) is 26.2 Å². The Hall–Kier alpha value is -0.120. The molecule has 0 spiro atoms. The van der Waals surface area contributed by atoms with Gasteiger partial charge in [-0.15, -0.1) is 0 Å². The van der Waals surface area contributed by atoms with E-state index in [1.165, 1.54) is 32.4 Å². The SMILES string of the molecule is CC(C)C[C@@H]1CN(C2CCNCC2)CC[C@H]1O. The van der Waals surface area contributed by atoms with Gasteiger partial charge < -0.3 is 10.4 Å². The molecule has 2 fully saturated rings. The molecule has 3 heteroatoms. The Morgan fingerprint density at radius 2 is 1.94 bits per heavy atom. The number of likely N-dealkylation sites (tertiary alicyclic amines) is 1. The van der Waals surface area contributed by atoms with Gasteiger partial charge in [-0.1, -0.05) is 13.8 Å². The summed E-state index contributed by atoms with van der Waals surface area (Å²) >= 11 is 0. The van der Waals surface area contributed by atoms with E-state index in [1.807, 2.05) is 0 Å². The van der Waals surface area contributed by atoms with Crippen LogP contribution in [0, 0.1) is 11.8 Å². The number of hydrogen-bond donors (Lipinski definition) is 2. The van der Waals surface area contributed by atoms with Crippen molar-refractivity contribution in [3.8, 4) is 0 Å². The van der Waals surface area contributed by atoms with Crippen LogP contribution >= 0.6 is 0 Å². The Morgan fingerprint density at radius 1 is 1.24 bits per heavy atom. The Bertz CT molecular complexity index is 226. The van der Waals surface area contributed by atoms with E-state index in [0.717, 1.165) is 25.6 Å². The van der Waals surface area contributed by atoms with Gasteiger partial charge in [-0.3, -0.25) is 4.90 Å². The summed E-state index contributed by atoms with van der Waals surface area (Å²) in [6.07, 6.45) is 4.65. The van der Waals surface area contributed by atoms with Crippen molar-refractivity contribution in [2.45, 2.75) is 51.7 Å². The minimum Gasteiger partial charge on any atom is -0.393 e. The first kappa shape index (κ1) is 13.3. The highest BCUT2D eigenvalue weighted by molar-refractivity contribution is 4.86. The van der Waals surface area contributed by atoms with Crippen LogP contribution in [0.2, 0.25) is 0 Å². The van der Waals surface area contributed by atoms with E-state index >= 15 is 0 Å². The van der Waals surface area contributed by atoms with Gasteiger partial charge in [0.2, 0.25) is 0 Å². The normalized spacial score (nSPS) is 33.2. The molecule has 0 saturated carbocycles. The number of hydrogen-bond acceptors (Lipinski definition) is 3. The molecule has 2 rings (SSSR count). The van der Waals surface area contributed by atoms with Crippen LogP contribution in [0.5, 0.6) is 0 Å². The van der Waals surface area contributed by atoms with Crippen LogP contribution in [0.4, 0.5) is 0 Å². The molecule has 2 heterocycles. The van der Waals surface area contributed by atoms with E-state index in [9.17, 15) is 5.11 Å². The van der Waals surface area contributed by atoms with Gasteiger partial charge in [-0.2, -0.15) is 0 Å². The highest BCUT2D eigenvalue weighted by atomic mass is 16.3. The second-order valence-electron chi connectivity index (χ2n) is 6.22. The summed E-state index contributed by atoms with van der Waals surface area (Å²) < 4.78 is 0. The van der Waals surface area contributed by atoms with E-state index in [1.54, 1.807) is 0 Å². The average molecular weight is 240 g/mol. The molecule has 100 valence electrons. The Kier molecular flexibility index (Phi) is 4.83. The lowest BCUT2D eigenvalue weighted by atomic mass is 9.86. The zero-order valence-electron chi connectivity index (χ0n) is 11.4. The first-order chi connectivity index (χ1) is 8.16. The third-order valence-corrected chi connectivity index (χ3v) is 4.32. The summed E-state index contributed by atoms with van der Waals surface area (Å²) in [6, 6.07) is 0.762. The van der Waals surface area contributed by atoms with E-state index in [0.29, 0.717) is 11.8 Å². The second-order valence-corrected chi connectivity index (χ2v) is 6.22. The zero-order chi connectivity index (χ0) is 12.3. The van der Waals surface area contributed by atoms with Gasteiger partial charge in [-0.25, -0.2) is 0 Å². The first-order valence-electron chi connectivity index (χ1n) is 7.29. The minimum atomic E-state index is -0.0598. The monoisotopic (exact) mass is 240 g/mol. The summed E-state index contributed by atoms with van der Waals surface area (Å²) in [5.74, 6) is 1.20. The van der Waals surface area contributed by atoms with Gasteiger partial charge in [0, 0.05) is 19.1 Å². The maximum Gasteiger partial charge on any atom is 0.0592 e. The van der Waals surface area contributed by atoms with Gasteiger partial charge >= 0.3 is 0 Å². The van der Waals surface area contributed by atoms with Crippen LogP contribution in [0.15, 0.2) is 0 Å². The van der Waals surface area contributed by atoms with Crippen molar-refractivity contribution < 1.29 is 5.11 Å². The molecule has 2 aliphatic rings. The molecule has 0 radical (unpaired) electrons. The van der Waals surface area contributed by atoms with Gasteiger partial charge in [0.25, 0.3) is 0 Å². The van der Waals surface area contributed by atoms with E-state index in [-0.39, 0.29) is 6.10 Å². The third-order valence-electron chi connectivity index (χ3n) is 4.32. The number of nitrogens with one attached hydrogen (secondary N) is 1.